The van der Waals surface area contributed by atoms with Crippen LogP contribution in [0.1, 0.15) is 12.8 Å². The van der Waals surface area contributed by atoms with Gasteiger partial charge in [-0.25, -0.2) is 8.78 Å². The monoisotopic (exact) mass is 199 g/mol. The highest BCUT2D eigenvalue weighted by Crippen LogP contribution is 2.32. The van der Waals surface area contributed by atoms with Crippen LogP contribution >= 0.6 is 0 Å². The molecule has 0 saturated heterocycles. The highest BCUT2D eigenvalue weighted by Gasteiger charge is 2.23. The number of anilines is 1. The van der Waals surface area contributed by atoms with Crippen LogP contribution < -0.4 is 10.1 Å². The number of benzene rings is 1. The highest BCUT2D eigenvalue weighted by molar-refractivity contribution is 5.57. The molecule has 1 aromatic carbocycles. The minimum absolute atomic E-state index is 0.343. The largest absolute Gasteiger partial charge is 0.494 e. The van der Waals surface area contributed by atoms with Crippen LogP contribution in [0.25, 0.3) is 0 Å². The van der Waals surface area contributed by atoms with Crippen LogP contribution in [0.4, 0.5) is 14.5 Å². The van der Waals surface area contributed by atoms with Gasteiger partial charge < -0.3 is 10.1 Å². The molecule has 0 heterocycles. The molecule has 0 aliphatic heterocycles. The average molecular weight is 199 g/mol. The lowest BCUT2D eigenvalue weighted by Crippen LogP contribution is -2.04. The summed E-state index contributed by atoms with van der Waals surface area (Å²) in [5.74, 6) is -1.40. The van der Waals surface area contributed by atoms with Gasteiger partial charge in [-0.2, -0.15) is 0 Å². The molecule has 76 valence electrons. The van der Waals surface area contributed by atoms with Gasteiger partial charge in [0.1, 0.15) is 5.75 Å². The maximum Gasteiger partial charge on any atom is 0.162 e. The minimum Gasteiger partial charge on any atom is -0.494 e. The molecule has 0 radical (unpaired) electrons. The Kier molecular flexibility index (Phi) is 2.27. The number of halogens is 2. The van der Waals surface area contributed by atoms with Crippen molar-refractivity contribution >= 4 is 5.69 Å². The lowest BCUT2D eigenvalue weighted by atomic mass is 10.2. The Hall–Kier alpha value is -1.32. The van der Waals surface area contributed by atoms with Gasteiger partial charge in [-0.3, -0.25) is 0 Å². The van der Waals surface area contributed by atoms with Gasteiger partial charge in [-0.1, -0.05) is 0 Å². The predicted octanol–water partition coefficient (Wildman–Crippen LogP) is 2.55. The molecule has 1 aliphatic rings. The van der Waals surface area contributed by atoms with Gasteiger partial charge in [0.15, 0.2) is 11.6 Å². The van der Waals surface area contributed by atoms with E-state index in [0.29, 0.717) is 17.5 Å². The van der Waals surface area contributed by atoms with Gasteiger partial charge in [-0.05, 0) is 12.8 Å². The SMILES string of the molecule is COc1cc(F)c(F)cc1NC1CC1. The molecule has 1 aromatic rings. The summed E-state index contributed by atoms with van der Waals surface area (Å²) in [6.07, 6.45) is 2.14. The van der Waals surface area contributed by atoms with Crippen molar-refractivity contribution < 1.29 is 13.5 Å². The standard InChI is InChI=1S/C10H11F2NO/c1-14-10-5-8(12)7(11)4-9(10)13-6-2-3-6/h4-6,13H,2-3H2,1H3. The summed E-state index contributed by atoms with van der Waals surface area (Å²) in [5.41, 5.74) is 0.522. The Morgan fingerprint density at radius 3 is 2.50 bits per heavy atom. The summed E-state index contributed by atoms with van der Waals surface area (Å²) in [6, 6.07) is 2.57. The summed E-state index contributed by atoms with van der Waals surface area (Å²) >= 11 is 0. The fourth-order valence-electron chi connectivity index (χ4n) is 1.26. The van der Waals surface area contributed by atoms with Crippen LogP contribution in [0.2, 0.25) is 0 Å². The topological polar surface area (TPSA) is 21.3 Å². The Balaban J connectivity index is 2.29. The van der Waals surface area contributed by atoms with Crippen molar-refractivity contribution in [1.82, 2.24) is 0 Å². The van der Waals surface area contributed by atoms with E-state index in [1.807, 2.05) is 0 Å². The summed E-state index contributed by atoms with van der Waals surface area (Å²) in [7, 11) is 1.44. The normalized spacial score (nSPS) is 15.4. The number of hydrogen-bond acceptors (Lipinski definition) is 2. The van der Waals surface area contributed by atoms with Crippen molar-refractivity contribution in [2.45, 2.75) is 18.9 Å². The van der Waals surface area contributed by atoms with Crippen molar-refractivity contribution in [2.75, 3.05) is 12.4 Å². The van der Waals surface area contributed by atoms with Gasteiger partial charge in [0.05, 0.1) is 12.8 Å². The molecule has 0 atom stereocenters. The molecule has 2 nitrogen and oxygen atoms in total. The fraction of sp³-hybridized carbons (Fsp3) is 0.400. The molecule has 14 heavy (non-hydrogen) atoms. The Bertz CT molecular complexity index is 350. The summed E-state index contributed by atoms with van der Waals surface area (Å²) in [4.78, 5) is 0. The molecule has 0 bridgehead atoms. The molecule has 2 rings (SSSR count). The molecule has 0 unspecified atom stereocenters. The van der Waals surface area contributed by atoms with E-state index in [2.05, 4.69) is 5.32 Å². The Morgan fingerprint density at radius 1 is 1.29 bits per heavy atom. The van der Waals surface area contributed by atoms with Crippen molar-refractivity contribution in [3.05, 3.63) is 23.8 Å². The van der Waals surface area contributed by atoms with Gasteiger partial charge in [-0.15, -0.1) is 0 Å². The Morgan fingerprint density at radius 2 is 1.93 bits per heavy atom. The van der Waals surface area contributed by atoms with Gasteiger partial charge >= 0.3 is 0 Å². The molecule has 1 N–H and O–H groups in total. The third kappa shape index (κ3) is 1.78. The second-order valence-electron chi connectivity index (χ2n) is 3.39. The zero-order chi connectivity index (χ0) is 10.1. The molecule has 1 fully saturated rings. The van der Waals surface area contributed by atoms with Crippen LogP contribution in [0.5, 0.6) is 5.75 Å². The highest BCUT2D eigenvalue weighted by atomic mass is 19.2. The van der Waals surface area contributed by atoms with Crippen molar-refractivity contribution in [3.63, 3.8) is 0 Å². The number of nitrogens with one attached hydrogen (secondary N) is 1. The fourth-order valence-corrected chi connectivity index (χ4v) is 1.26. The van der Waals surface area contributed by atoms with Crippen LogP contribution in [0.15, 0.2) is 12.1 Å². The summed E-state index contributed by atoms with van der Waals surface area (Å²) in [5, 5.41) is 3.07. The number of methoxy groups -OCH3 is 1. The van der Waals surface area contributed by atoms with E-state index in [1.54, 1.807) is 0 Å². The first-order chi connectivity index (χ1) is 6.70. The third-order valence-corrected chi connectivity index (χ3v) is 2.18. The summed E-state index contributed by atoms with van der Waals surface area (Å²) < 4.78 is 30.7. The van der Waals surface area contributed by atoms with E-state index >= 15 is 0 Å². The number of rotatable bonds is 3. The van der Waals surface area contributed by atoms with Crippen LogP contribution in [-0.4, -0.2) is 13.2 Å². The van der Waals surface area contributed by atoms with E-state index in [-0.39, 0.29) is 0 Å². The smallest absolute Gasteiger partial charge is 0.162 e. The molecular formula is C10H11F2NO. The van der Waals surface area contributed by atoms with E-state index in [1.165, 1.54) is 7.11 Å². The van der Waals surface area contributed by atoms with E-state index < -0.39 is 11.6 Å². The number of ether oxygens (including phenoxy) is 1. The zero-order valence-electron chi connectivity index (χ0n) is 7.81. The molecule has 0 aromatic heterocycles. The maximum absolute atomic E-state index is 12.9. The van der Waals surface area contributed by atoms with Crippen LogP contribution in [-0.2, 0) is 0 Å². The minimum atomic E-state index is -0.886. The van der Waals surface area contributed by atoms with Crippen molar-refractivity contribution in [3.8, 4) is 5.75 Å². The van der Waals surface area contributed by atoms with E-state index in [0.717, 1.165) is 25.0 Å². The molecular weight excluding hydrogens is 188 g/mol. The average Bonchev–Trinajstić information content (AvgIpc) is 2.95. The zero-order valence-corrected chi connectivity index (χ0v) is 7.81. The predicted molar refractivity (Wildman–Crippen MR) is 49.6 cm³/mol. The second kappa shape index (κ2) is 3.44. The van der Waals surface area contributed by atoms with Crippen LogP contribution in [0, 0.1) is 11.6 Å². The molecule has 1 aliphatic carbocycles. The van der Waals surface area contributed by atoms with Crippen molar-refractivity contribution in [2.24, 2.45) is 0 Å². The second-order valence-corrected chi connectivity index (χ2v) is 3.39. The van der Waals surface area contributed by atoms with Gasteiger partial charge in [0.2, 0.25) is 0 Å². The van der Waals surface area contributed by atoms with Crippen molar-refractivity contribution in [1.29, 1.82) is 0 Å². The van der Waals surface area contributed by atoms with Gasteiger partial charge in [0.25, 0.3) is 0 Å². The Labute approximate surface area is 80.9 Å². The molecule has 0 amide bonds. The summed E-state index contributed by atoms with van der Waals surface area (Å²) in [6.45, 7) is 0. The van der Waals surface area contributed by atoms with E-state index in [4.69, 9.17) is 4.74 Å². The number of hydrogen-bond donors (Lipinski definition) is 1. The lowest BCUT2D eigenvalue weighted by Gasteiger charge is -2.10. The van der Waals surface area contributed by atoms with Gasteiger partial charge in [0, 0.05) is 18.2 Å². The molecule has 1 saturated carbocycles. The molecule has 4 heteroatoms. The lowest BCUT2D eigenvalue weighted by molar-refractivity contribution is 0.408. The maximum atomic E-state index is 12.9. The van der Waals surface area contributed by atoms with Crippen LogP contribution in [0.3, 0.4) is 0 Å². The quantitative estimate of drug-likeness (QED) is 0.807. The first kappa shape index (κ1) is 9.24. The van der Waals surface area contributed by atoms with E-state index in [9.17, 15) is 8.78 Å². The third-order valence-electron chi connectivity index (χ3n) is 2.18. The first-order valence-corrected chi connectivity index (χ1v) is 4.50. The molecule has 0 spiro atoms. The first-order valence-electron chi connectivity index (χ1n) is 4.50.